The largest absolute Gasteiger partial charge is 0.356 e. The van der Waals surface area contributed by atoms with E-state index < -0.39 is 0 Å². The summed E-state index contributed by atoms with van der Waals surface area (Å²) < 4.78 is 5.14. The van der Waals surface area contributed by atoms with E-state index in [4.69, 9.17) is 16.1 Å². The first-order valence-corrected chi connectivity index (χ1v) is 6.22. The molecule has 2 aromatic heterocycles. The lowest BCUT2D eigenvalue weighted by atomic mass is 10.1. The Labute approximate surface area is 118 Å². The van der Waals surface area contributed by atoms with Gasteiger partial charge in [0.2, 0.25) is 5.91 Å². The number of halogens is 1. The van der Waals surface area contributed by atoms with Crippen LogP contribution in [0.3, 0.4) is 0 Å². The van der Waals surface area contributed by atoms with E-state index in [-0.39, 0.29) is 17.5 Å². The summed E-state index contributed by atoms with van der Waals surface area (Å²) >= 11 is 5.62. The molecule has 20 heavy (non-hydrogen) atoms. The number of amides is 1. The summed E-state index contributed by atoms with van der Waals surface area (Å²) in [6.45, 7) is 0. The molecule has 100 valence electrons. The summed E-state index contributed by atoms with van der Waals surface area (Å²) in [7, 11) is 0. The fourth-order valence-corrected chi connectivity index (χ4v) is 1.89. The molecule has 0 saturated carbocycles. The standard InChI is InChI=1S/C13H9ClN4O2/c14-11-5-6-12(17-16-11)15-13(19)7-9-8-3-1-2-4-10(8)20-18-9/h1-6H,7H2,(H,15,17,19). The molecule has 0 aliphatic heterocycles. The van der Waals surface area contributed by atoms with E-state index in [9.17, 15) is 4.79 Å². The van der Waals surface area contributed by atoms with Crippen LogP contribution < -0.4 is 5.32 Å². The van der Waals surface area contributed by atoms with Gasteiger partial charge in [-0.05, 0) is 24.3 Å². The van der Waals surface area contributed by atoms with Gasteiger partial charge in [-0.2, -0.15) is 0 Å². The predicted octanol–water partition coefficient (Wildman–Crippen LogP) is 2.45. The average Bonchev–Trinajstić information content (AvgIpc) is 2.85. The lowest BCUT2D eigenvalue weighted by molar-refractivity contribution is -0.115. The second-order valence-corrected chi connectivity index (χ2v) is 4.48. The summed E-state index contributed by atoms with van der Waals surface area (Å²) in [6.07, 6.45) is 0.0985. The molecule has 0 spiro atoms. The first kappa shape index (κ1) is 12.6. The minimum absolute atomic E-state index is 0.0985. The molecule has 0 saturated heterocycles. The summed E-state index contributed by atoms with van der Waals surface area (Å²) in [5.41, 5.74) is 1.24. The van der Waals surface area contributed by atoms with Gasteiger partial charge in [-0.25, -0.2) is 0 Å². The zero-order valence-corrected chi connectivity index (χ0v) is 11.0. The number of anilines is 1. The fraction of sp³-hybridized carbons (Fsp3) is 0.0769. The lowest BCUT2D eigenvalue weighted by Gasteiger charge is -2.01. The van der Waals surface area contributed by atoms with E-state index in [0.717, 1.165) is 5.39 Å². The number of benzene rings is 1. The highest BCUT2D eigenvalue weighted by Crippen LogP contribution is 2.18. The SMILES string of the molecule is O=C(Cc1noc2ccccc12)Nc1ccc(Cl)nn1. The molecular weight excluding hydrogens is 280 g/mol. The van der Waals surface area contributed by atoms with Crippen molar-refractivity contribution in [1.29, 1.82) is 0 Å². The molecule has 1 aromatic carbocycles. The number of hydrogen-bond donors (Lipinski definition) is 1. The van der Waals surface area contributed by atoms with Crippen LogP contribution in [0.4, 0.5) is 5.82 Å². The van der Waals surface area contributed by atoms with E-state index in [1.807, 2.05) is 18.2 Å². The van der Waals surface area contributed by atoms with Gasteiger partial charge in [-0.3, -0.25) is 4.79 Å². The van der Waals surface area contributed by atoms with Crippen molar-refractivity contribution in [1.82, 2.24) is 15.4 Å². The molecule has 3 aromatic rings. The summed E-state index contributed by atoms with van der Waals surface area (Å²) in [5, 5.41) is 15.0. The molecular formula is C13H9ClN4O2. The van der Waals surface area contributed by atoms with Gasteiger partial charge in [0.05, 0.1) is 6.42 Å². The molecule has 0 bridgehead atoms. The first-order chi connectivity index (χ1) is 9.72. The Bertz CT molecular complexity index is 754. The third-order valence-corrected chi connectivity index (χ3v) is 2.88. The van der Waals surface area contributed by atoms with Gasteiger partial charge in [-0.1, -0.05) is 28.9 Å². The van der Waals surface area contributed by atoms with Gasteiger partial charge >= 0.3 is 0 Å². The van der Waals surface area contributed by atoms with E-state index in [1.54, 1.807) is 18.2 Å². The summed E-state index contributed by atoms with van der Waals surface area (Å²) in [4.78, 5) is 11.9. The molecule has 0 unspecified atom stereocenters. The molecule has 2 heterocycles. The van der Waals surface area contributed by atoms with E-state index >= 15 is 0 Å². The third-order valence-electron chi connectivity index (χ3n) is 2.68. The topological polar surface area (TPSA) is 80.9 Å². The Hall–Kier alpha value is -2.47. The molecule has 0 atom stereocenters. The molecule has 0 aliphatic rings. The Morgan fingerprint density at radius 3 is 2.85 bits per heavy atom. The number of carbonyl (C=O) groups excluding carboxylic acids is 1. The minimum Gasteiger partial charge on any atom is -0.356 e. The van der Waals surface area contributed by atoms with Crippen molar-refractivity contribution in [3.05, 3.63) is 47.2 Å². The van der Waals surface area contributed by atoms with Crippen molar-refractivity contribution in [3.8, 4) is 0 Å². The average molecular weight is 289 g/mol. The lowest BCUT2D eigenvalue weighted by Crippen LogP contribution is -2.15. The second kappa shape index (κ2) is 5.26. The monoisotopic (exact) mass is 288 g/mol. The van der Waals surface area contributed by atoms with Crippen molar-refractivity contribution >= 4 is 34.3 Å². The highest BCUT2D eigenvalue weighted by atomic mass is 35.5. The third kappa shape index (κ3) is 2.60. The van der Waals surface area contributed by atoms with Crippen molar-refractivity contribution in [2.75, 3.05) is 5.32 Å². The number of aromatic nitrogens is 3. The quantitative estimate of drug-likeness (QED) is 0.800. The van der Waals surface area contributed by atoms with Crippen molar-refractivity contribution in [2.45, 2.75) is 6.42 Å². The minimum atomic E-state index is -0.249. The summed E-state index contributed by atoms with van der Waals surface area (Å²) in [6, 6.07) is 10.5. The first-order valence-electron chi connectivity index (χ1n) is 5.85. The van der Waals surface area contributed by atoms with Gasteiger partial charge in [-0.15, -0.1) is 10.2 Å². The van der Waals surface area contributed by atoms with Crippen molar-refractivity contribution < 1.29 is 9.32 Å². The van der Waals surface area contributed by atoms with Crippen LogP contribution in [-0.2, 0) is 11.2 Å². The van der Waals surface area contributed by atoms with Crippen LogP contribution in [-0.4, -0.2) is 21.3 Å². The number of rotatable bonds is 3. The van der Waals surface area contributed by atoms with Crippen molar-refractivity contribution in [2.24, 2.45) is 0 Å². The number of hydrogen-bond acceptors (Lipinski definition) is 5. The Kier molecular flexibility index (Phi) is 3.30. The van der Waals surface area contributed by atoms with E-state index in [0.29, 0.717) is 17.1 Å². The number of nitrogens with one attached hydrogen (secondary N) is 1. The Morgan fingerprint density at radius 1 is 1.20 bits per heavy atom. The Morgan fingerprint density at radius 2 is 2.05 bits per heavy atom. The smallest absolute Gasteiger partial charge is 0.231 e. The number of para-hydroxylation sites is 1. The molecule has 0 aliphatic carbocycles. The second-order valence-electron chi connectivity index (χ2n) is 4.09. The highest BCUT2D eigenvalue weighted by molar-refractivity contribution is 6.29. The maximum absolute atomic E-state index is 11.9. The van der Waals surface area contributed by atoms with Gasteiger partial charge in [0, 0.05) is 5.39 Å². The molecule has 0 fully saturated rings. The zero-order valence-electron chi connectivity index (χ0n) is 10.2. The van der Waals surface area contributed by atoms with E-state index in [1.165, 1.54) is 0 Å². The van der Waals surface area contributed by atoms with Crippen LogP contribution in [0.1, 0.15) is 5.69 Å². The van der Waals surface area contributed by atoms with Crippen LogP contribution in [0.2, 0.25) is 5.15 Å². The van der Waals surface area contributed by atoms with Gasteiger partial charge in [0.15, 0.2) is 16.6 Å². The number of fused-ring (bicyclic) bond motifs is 1. The molecule has 1 N–H and O–H groups in total. The van der Waals surface area contributed by atoms with Crippen LogP contribution >= 0.6 is 11.6 Å². The summed E-state index contributed by atoms with van der Waals surface area (Å²) in [5.74, 6) is 0.0906. The van der Waals surface area contributed by atoms with Gasteiger partial charge in [0.25, 0.3) is 0 Å². The van der Waals surface area contributed by atoms with E-state index in [2.05, 4.69) is 20.7 Å². The van der Waals surface area contributed by atoms with Crippen LogP contribution in [0.5, 0.6) is 0 Å². The molecule has 6 nitrogen and oxygen atoms in total. The zero-order chi connectivity index (χ0) is 13.9. The van der Waals surface area contributed by atoms with Crippen LogP contribution in [0.15, 0.2) is 40.9 Å². The maximum Gasteiger partial charge on any atom is 0.231 e. The molecule has 7 heteroatoms. The number of carbonyl (C=O) groups is 1. The molecule has 0 radical (unpaired) electrons. The van der Waals surface area contributed by atoms with Crippen LogP contribution in [0, 0.1) is 0 Å². The van der Waals surface area contributed by atoms with Gasteiger partial charge in [0.1, 0.15) is 5.69 Å². The normalized spacial score (nSPS) is 10.7. The number of nitrogens with zero attached hydrogens (tertiary/aromatic N) is 3. The van der Waals surface area contributed by atoms with Gasteiger partial charge < -0.3 is 9.84 Å². The van der Waals surface area contributed by atoms with Crippen molar-refractivity contribution in [3.63, 3.8) is 0 Å². The molecule has 3 rings (SSSR count). The van der Waals surface area contributed by atoms with Crippen LogP contribution in [0.25, 0.3) is 11.0 Å². The molecule has 1 amide bonds. The predicted molar refractivity (Wildman–Crippen MR) is 73.4 cm³/mol. The highest BCUT2D eigenvalue weighted by Gasteiger charge is 2.12. The Balaban J connectivity index is 1.74. The fourth-order valence-electron chi connectivity index (χ4n) is 1.79. The maximum atomic E-state index is 11.9.